The lowest BCUT2D eigenvalue weighted by Gasteiger charge is -2.38. The first kappa shape index (κ1) is 34.0. The summed E-state index contributed by atoms with van der Waals surface area (Å²) < 4.78 is 39.6. The highest BCUT2D eigenvalue weighted by Crippen LogP contribution is 2.37. The lowest BCUT2D eigenvalue weighted by atomic mass is 9.95. The van der Waals surface area contributed by atoms with E-state index in [9.17, 15) is 28.3 Å². The summed E-state index contributed by atoms with van der Waals surface area (Å²) in [6.45, 7) is 1.64. The van der Waals surface area contributed by atoms with E-state index < -0.39 is 29.6 Å². The predicted octanol–water partition coefficient (Wildman–Crippen LogP) is 4.50. The molecule has 2 aromatic heterocycles. The fourth-order valence-corrected chi connectivity index (χ4v) is 7.06. The highest BCUT2D eigenvalue weighted by molar-refractivity contribution is 7.11. The second kappa shape index (κ2) is 14.0. The van der Waals surface area contributed by atoms with Gasteiger partial charge in [-0.25, -0.2) is 33.1 Å². The van der Waals surface area contributed by atoms with E-state index in [1.54, 1.807) is 16.5 Å². The second-order valence-corrected chi connectivity index (χ2v) is 12.9. The molecular formula is C33H27ClF2N8O6S. The van der Waals surface area contributed by atoms with Crippen molar-refractivity contribution in [3.05, 3.63) is 104 Å². The zero-order valence-corrected chi connectivity index (χ0v) is 28.2. The normalized spacial score (nSPS) is 19.1. The summed E-state index contributed by atoms with van der Waals surface area (Å²) in [5, 5.41) is 14.9. The number of aromatic carboxylic acids is 1. The van der Waals surface area contributed by atoms with E-state index in [-0.39, 0.29) is 58.9 Å². The molecule has 3 aliphatic rings. The molecule has 2 aromatic carbocycles. The van der Waals surface area contributed by atoms with Gasteiger partial charge in [0, 0.05) is 78.9 Å². The van der Waals surface area contributed by atoms with Gasteiger partial charge in [0.25, 0.3) is 0 Å². The van der Waals surface area contributed by atoms with Crippen molar-refractivity contribution in [3.8, 4) is 11.8 Å². The Morgan fingerprint density at radius 2 is 1.92 bits per heavy atom. The van der Waals surface area contributed by atoms with Crippen molar-refractivity contribution in [1.82, 2.24) is 30.1 Å². The quantitative estimate of drug-likeness (QED) is 0.233. The maximum atomic E-state index is 14.8. The van der Waals surface area contributed by atoms with Crippen LogP contribution in [0.15, 0.2) is 76.5 Å². The zero-order valence-electron chi connectivity index (χ0n) is 26.6. The summed E-state index contributed by atoms with van der Waals surface area (Å²) in [7, 11) is 1.26. The lowest BCUT2D eigenvalue weighted by Crippen LogP contribution is -2.53. The number of amides is 2. The number of methoxy groups -OCH3 is 1. The molecule has 262 valence electrons. The number of anilines is 1. The molecule has 18 heteroatoms. The Morgan fingerprint density at radius 3 is 2.67 bits per heavy atom. The number of aliphatic imine (C=N–C) groups is 1. The average molecular weight is 737 g/mol. The van der Waals surface area contributed by atoms with E-state index in [0.29, 0.717) is 41.7 Å². The number of aromatic nitrogens is 3. The standard InChI is InChI=1S/C33H27ClF2N8O6S/c1-49-31(47)26-25(39-28(29-37-6-9-51-29)41-27(26)22-3-2-17(35)12-23(22)34)16-42-7-8-43-20(14-42)15-44(33(43)48)19-10-18(36)11-21(13-19)50-32-38-5-4-24(40-32)30(45)46/h2-6,9-13,20,27H,7-8,14-16H2,1H3,(H,39,41)(H,45,46)/t20-,27-/m0/s1. The van der Waals surface area contributed by atoms with Crippen LogP contribution in [-0.2, 0) is 9.53 Å². The van der Waals surface area contributed by atoms with Gasteiger partial charge in [-0.2, -0.15) is 4.98 Å². The molecule has 51 heavy (non-hydrogen) atoms. The highest BCUT2D eigenvalue weighted by atomic mass is 35.5. The van der Waals surface area contributed by atoms with Gasteiger partial charge >= 0.3 is 24.0 Å². The van der Waals surface area contributed by atoms with Crippen molar-refractivity contribution in [2.24, 2.45) is 4.99 Å². The molecule has 0 unspecified atom stereocenters. The molecule has 2 N–H and O–H groups in total. The van der Waals surface area contributed by atoms with Crippen molar-refractivity contribution < 1.29 is 37.7 Å². The maximum Gasteiger partial charge on any atom is 0.354 e. The van der Waals surface area contributed by atoms with Gasteiger partial charge in [-0.1, -0.05) is 17.7 Å². The number of thiazole rings is 1. The number of fused-ring (bicyclic) bond motifs is 1. The first-order valence-corrected chi connectivity index (χ1v) is 16.7. The van der Waals surface area contributed by atoms with Gasteiger partial charge in [0.2, 0.25) is 0 Å². The Balaban J connectivity index is 1.13. The number of nitrogens with zero attached hydrogens (tertiary/aromatic N) is 7. The number of carboxylic acids is 1. The molecule has 0 saturated carbocycles. The number of carbonyl (C=O) groups excluding carboxylic acids is 2. The third kappa shape index (κ3) is 6.95. The molecule has 3 aliphatic heterocycles. The summed E-state index contributed by atoms with van der Waals surface area (Å²) in [6.07, 6.45) is 2.83. The molecule has 4 aromatic rings. The molecule has 7 rings (SSSR count). The van der Waals surface area contributed by atoms with Crippen LogP contribution in [0.25, 0.3) is 0 Å². The lowest BCUT2D eigenvalue weighted by molar-refractivity contribution is -0.136. The molecule has 2 saturated heterocycles. The first-order valence-electron chi connectivity index (χ1n) is 15.4. The van der Waals surface area contributed by atoms with E-state index in [2.05, 4.69) is 25.2 Å². The Kier molecular flexibility index (Phi) is 9.33. The SMILES string of the molecule is COC(=O)C1=C(CN2CCN3C(=O)N(c4cc(F)cc(Oc5nccc(C(=O)O)n5)c4)C[C@@H]3C2)NC(c2nccs2)=N[C@H]1c1ccc(F)cc1Cl. The Bertz CT molecular complexity index is 2100. The molecule has 0 aliphatic carbocycles. The Morgan fingerprint density at radius 1 is 1.08 bits per heavy atom. The van der Waals surface area contributed by atoms with Crippen molar-refractivity contribution in [1.29, 1.82) is 0 Å². The summed E-state index contributed by atoms with van der Waals surface area (Å²) in [6, 6.07) is 6.98. The van der Waals surface area contributed by atoms with Crippen LogP contribution in [0.5, 0.6) is 11.8 Å². The van der Waals surface area contributed by atoms with Gasteiger partial charge in [-0.05, 0) is 24.3 Å². The second-order valence-electron chi connectivity index (χ2n) is 11.6. The van der Waals surface area contributed by atoms with Crippen molar-refractivity contribution in [2.45, 2.75) is 12.1 Å². The topological polar surface area (TPSA) is 163 Å². The number of carboxylic acid groups (broad SMARTS) is 1. The fourth-order valence-electron chi connectivity index (χ4n) is 6.20. The third-order valence-electron chi connectivity index (χ3n) is 8.47. The molecule has 2 fully saturated rings. The van der Waals surface area contributed by atoms with Crippen LogP contribution in [-0.4, -0.2) is 99.5 Å². The molecule has 0 radical (unpaired) electrons. The minimum atomic E-state index is -1.28. The average Bonchev–Trinajstić information content (AvgIpc) is 3.76. The largest absolute Gasteiger partial charge is 0.477 e. The summed E-state index contributed by atoms with van der Waals surface area (Å²) in [5.41, 5.74) is 1.03. The van der Waals surface area contributed by atoms with Gasteiger partial charge < -0.3 is 24.8 Å². The predicted molar refractivity (Wildman–Crippen MR) is 180 cm³/mol. The number of piperazine rings is 1. The number of nitrogens with one attached hydrogen (secondary N) is 1. The van der Waals surface area contributed by atoms with Gasteiger partial charge in [0.1, 0.15) is 23.4 Å². The zero-order chi connectivity index (χ0) is 35.8. The molecule has 2 amide bonds. The minimum absolute atomic E-state index is 0.0222. The van der Waals surface area contributed by atoms with E-state index in [4.69, 9.17) is 26.1 Å². The van der Waals surface area contributed by atoms with Crippen molar-refractivity contribution >= 4 is 52.4 Å². The molecular weight excluding hydrogens is 710 g/mol. The number of halogens is 3. The Labute approximate surface area is 297 Å². The highest BCUT2D eigenvalue weighted by Gasteiger charge is 2.42. The van der Waals surface area contributed by atoms with Gasteiger partial charge in [0.15, 0.2) is 16.5 Å². The Hall–Kier alpha value is -5.52. The molecule has 0 bridgehead atoms. The summed E-state index contributed by atoms with van der Waals surface area (Å²) in [5.74, 6) is -2.76. The first-order chi connectivity index (χ1) is 24.6. The van der Waals surface area contributed by atoms with Crippen LogP contribution in [0.1, 0.15) is 27.1 Å². The summed E-state index contributed by atoms with van der Waals surface area (Å²) >= 11 is 7.82. The fraction of sp³-hybridized carbons (Fsp3) is 0.242. The van der Waals surface area contributed by atoms with Crippen LogP contribution in [0.2, 0.25) is 5.02 Å². The maximum absolute atomic E-state index is 14.8. The van der Waals surface area contributed by atoms with Gasteiger partial charge in [-0.3, -0.25) is 14.8 Å². The number of rotatable bonds is 9. The van der Waals surface area contributed by atoms with E-state index in [1.807, 2.05) is 0 Å². The number of esters is 1. The smallest absolute Gasteiger partial charge is 0.354 e. The number of carbonyl (C=O) groups is 3. The van der Waals surface area contributed by atoms with Crippen LogP contribution >= 0.6 is 22.9 Å². The van der Waals surface area contributed by atoms with Gasteiger partial charge in [0.05, 0.1) is 24.4 Å². The van der Waals surface area contributed by atoms with Crippen LogP contribution in [0, 0.1) is 11.6 Å². The van der Waals surface area contributed by atoms with E-state index in [1.165, 1.54) is 59.9 Å². The van der Waals surface area contributed by atoms with Crippen molar-refractivity contribution in [2.75, 3.05) is 44.7 Å². The minimum Gasteiger partial charge on any atom is -0.477 e. The van der Waals surface area contributed by atoms with Crippen molar-refractivity contribution in [3.63, 3.8) is 0 Å². The van der Waals surface area contributed by atoms with Gasteiger partial charge in [-0.15, -0.1) is 11.3 Å². The molecule has 5 heterocycles. The molecule has 2 atom stereocenters. The molecule has 0 spiro atoms. The monoisotopic (exact) mass is 736 g/mol. The number of amidine groups is 1. The number of urea groups is 1. The van der Waals surface area contributed by atoms with Crippen LogP contribution in [0.4, 0.5) is 19.3 Å². The number of hydrogen-bond donors (Lipinski definition) is 2. The third-order valence-corrected chi connectivity index (χ3v) is 9.58. The number of benzene rings is 2. The number of ether oxygens (including phenoxy) is 2. The van der Waals surface area contributed by atoms with E-state index in [0.717, 1.165) is 12.1 Å². The van der Waals surface area contributed by atoms with E-state index >= 15 is 0 Å². The summed E-state index contributed by atoms with van der Waals surface area (Å²) in [4.78, 5) is 60.3. The van der Waals surface area contributed by atoms with Crippen LogP contribution in [0.3, 0.4) is 0 Å². The number of hydrogen-bond acceptors (Lipinski definition) is 12. The van der Waals surface area contributed by atoms with Crippen LogP contribution < -0.4 is 15.0 Å². The molecule has 14 nitrogen and oxygen atoms in total.